The van der Waals surface area contributed by atoms with Gasteiger partial charge in [0, 0.05) is 5.56 Å². The van der Waals surface area contributed by atoms with E-state index in [1.165, 1.54) is 32.1 Å². The summed E-state index contributed by atoms with van der Waals surface area (Å²) >= 11 is 0. The molecule has 0 amide bonds. The molecular formula is C15H20O6S. The zero-order valence-corrected chi connectivity index (χ0v) is 13.4. The van der Waals surface area contributed by atoms with Crippen LogP contribution in [-0.4, -0.2) is 13.5 Å². The second-order valence-corrected chi connectivity index (χ2v) is 6.84. The van der Waals surface area contributed by atoms with Crippen molar-refractivity contribution in [3.05, 3.63) is 5.56 Å². The van der Waals surface area contributed by atoms with E-state index in [4.69, 9.17) is 4.74 Å². The zero-order chi connectivity index (χ0) is 15.7. The lowest BCUT2D eigenvalue weighted by atomic mass is 10.0. The molecule has 0 atom stereocenters. The van der Waals surface area contributed by atoms with Gasteiger partial charge >= 0.3 is 10.4 Å². The molecule has 2 aliphatic rings. The second kappa shape index (κ2) is 5.87. The molecule has 0 unspecified atom stereocenters. The topological polar surface area (TPSA) is 85.4 Å². The molecule has 22 heavy (non-hydrogen) atoms. The Labute approximate surface area is 130 Å². The first kappa shape index (κ1) is 15.3. The second-order valence-electron chi connectivity index (χ2n) is 5.69. The molecule has 7 heteroatoms. The van der Waals surface area contributed by atoms with Gasteiger partial charge in [-0.05, 0) is 12.8 Å². The maximum absolute atomic E-state index is 11.3. The molecule has 0 aromatic heterocycles. The summed E-state index contributed by atoms with van der Waals surface area (Å²) in [5, 5.41) is 10.2. The molecular weight excluding hydrogens is 308 g/mol. The normalized spacial score (nSPS) is 16.2. The van der Waals surface area contributed by atoms with Crippen molar-refractivity contribution in [3.63, 3.8) is 0 Å². The van der Waals surface area contributed by atoms with Gasteiger partial charge in [-0.2, -0.15) is 0 Å². The highest BCUT2D eigenvalue weighted by atomic mass is 32.3. The van der Waals surface area contributed by atoms with Gasteiger partial charge in [0.05, 0.1) is 0 Å². The van der Waals surface area contributed by atoms with Crippen molar-refractivity contribution >= 4 is 10.4 Å². The summed E-state index contributed by atoms with van der Waals surface area (Å²) in [6.07, 6.45) is 8.81. The largest absolute Gasteiger partial charge is 0.504 e. The van der Waals surface area contributed by atoms with Crippen LogP contribution in [0.3, 0.4) is 0 Å². The first-order valence-corrected chi connectivity index (χ1v) is 9.10. The first-order chi connectivity index (χ1) is 10.5. The van der Waals surface area contributed by atoms with E-state index in [2.05, 4.69) is 15.3 Å². The molecule has 0 spiro atoms. The molecule has 122 valence electrons. The van der Waals surface area contributed by atoms with Crippen LogP contribution in [0.2, 0.25) is 0 Å². The molecule has 0 fully saturated rings. The summed E-state index contributed by atoms with van der Waals surface area (Å²) in [6.45, 7) is 2.19. The number of fused-ring (bicyclic) bond motifs is 3. The van der Waals surface area contributed by atoms with Crippen molar-refractivity contribution in [1.29, 1.82) is 0 Å². The molecule has 0 radical (unpaired) electrons. The fraction of sp³-hybridized carbons (Fsp3) is 0.600. The number of hydrogen-bond acceptors (Lipinski definition) is 6. The van der Waals surface area contributed by atoms with Crippen LogP contribution in [0.15, 0.2) is 0 Å². The van der Waals surface area contributed by atoms with Crippen LogP contribution in [0.1, 0.15) is 57.4 Å². The minimum absolute atomic E-state index is 0.0317. The quantitative estimate of drug-likeness (QED) is 0.586. The van der Waals surface area contributed by atoms with Crippen molar-refractivity contribution in [3.8, 4) is 28.7 Å². The number of phenols is 1. The van der Waals surface area contributed by atoms with Gasteiger partial charge in [-0.1, -0.05) is 45.4 Å². The summed E-state index contributed by atoms with van der Waals surface area (Å²) in [4.78, 5) is 0. The van der Waals surface area contributed by atoms with Crippen LogP contribution in [-0.2, 0) is 16.8 Å². The van der Waals surface area contributed by atoms with E-state index in [0.717, 1.165) is 12.8 Å². The van der Waals surface area contributed by atoms with E-state index >= 15 is 0 Å². The SMILES string of the molecule is CCCCCCCCCc1c(O)c2c(c3c1O3)OS(=O)(=O)O2. The highest BCUT2D eigenvalue weighted by molar-refractivity contribution is 7.82. The van der Waals surface area contributed by atoms with Gasteiger partial charge < -0.3 is 18.2 Å². The third-order valence-corrected chi connectivity index (χ3v) is 4.70. The smallest absolute Gasteiger partial charge is 0.501 e. The van der Waals surface area contributed by atoms with Gasteiger partial charge in [-0.25, -0.2) is 0 Å². The molecule has 0 saturated carbocycles. The number of aromatic hydroxyl groups is 1. The average Bonchev–Trinajstić information content (AvgIpc) is 3.18. The Morgan fingerprint density at radius 1 is 0.864 bits per heavy atom. The van der Waals surface area contributed by atoms with Crippen molar-refractivity contribution in [2.24, 2.45) is 0 Å². The molecule has 3 rings (SSSR count). The minimum atomic E-state index is -4.11. The molecule has 1 N–H and O–H groups in total. The highest BCUT2D eigenvalue weighted by Crippen LogP contribution is 2.65. The van der Waals surface area contributed by atoms with Crippen LogP contribution in [0.4, 0.5) is 0 Å². The Bertz CT molecular complexity index is 680. The Kier molecular flexibility index (Phi) is 4.08. The fourth-order valence-corrected chi connectivity index (χ4v) is 3.49. The van der Waals surface area contributed by atoms with Crippen molar-refractivity contribution in [1.82, 2.24) is 0 Å². The lowest BCUT2D eigenvalue weighted by Crippen LogP contribution is -2.08. The average molecular weight is 328 g/mol. The van der Waals surface area contributed by atoms with Gasteiger partial charge in [0.15, 0.2) is 11.5 Å². The molecule has 2 aliphatic heterocycles. The van der Waals surface area contributed by atoms with E-state index in [0.29, 0.717) is 23.5 Å². The molecule has 1 aromatic carbocycles. The van der Waals surface area contributed by atoms with Gasteiger partial charge in [0.2, 0.25) is 17.2 Å². The van der Waals surface area contributed by atoms with Crippen molar-refractivity contribution in [2.45, 2.75) is 58.3 Å². The number of rotatable bonds is 8. The van der Waals surface area contributed by atoms with Crippen LogP contribution >= 0.6 is 0 Å². The molecule has 0 bridgehead atoms. The summed E-state index contributed by atoms with van der Waals surface area (Å²) in [6, 6.07) is 0. The number of phenolic OH excluding ortho intramolecular Hbond substituents is 1. The lowest BCUT2D eigenvalue weighted by Gasteiger charge is -2.04. The Balaban J connectivity index is 1.59. The van der Waals surface area contributed by atoms with Crippen LogP contribution in [0, 0.1) is 0 Å². The summed E-state index contributed by atoms with van der Waals surface area (Å²) in [5.41, 5.74) is 0.614. The van der Waals surface area contributed by atoms with E-state index in [9.17, 15) is 13.5 Å². The van der Waals surface area contributed by atoms with Gasteiger partial charge in [-0.15, -0.1) is 8.42 Å². The lowest BCUT2D eigenvalue weighted by molar-refractivity contribution is 0.414. The van der Waals surface area contributed by atoms with Crippen LogP contribution < -0.4 is 13.1 Å². The van der Waals surface area contributed by atoms with Crippen molar-refractivity contribution < 1.29 is 26.6 Å². The first-order valence-electron chi connectivity index (χ1n) is 7.77. The van der Waals surface area contributed by atoms with Gasteiger partial charge in [0.25, 0.3) is 0 Å². The predicted octanol–water partition coefficient (Wildman–Crippen LogP) is 3.81. The van der Waals surface area contributed by atoms with E-state index in [1.807, 2.05) is 0 Å². The Morgan fingerprint density at radius 2 is 1.50 bits per heavy atom. The number of unbranched alkanes of at least 4 members (excludes halogenated alkanes) is 6. The predicted molar refractivity (Wildman–Crippen MR) is 80.1 cm³/mol. The minimum Gasteiger partial charge on any atom is -0.504 e. The highest BCUT2D eigenvalue weighted by Gasteiger charge is 2.45. The van der Waals surface area contributed by atoms with E-state index < -0.39 is 10.4 Å². The van der Waals surface area contributed by atoms with E-state index in [1.54, 1.807) is 0 Å². The number of ether oxygens (including phenoxy) is 1. The zero-order valence-electron chi connectivity index (χ0n) is 12.6. The molecule has 2 heterocycles. The Hall–Kier alpha value is -1.63. The Morgan fingerprint density at radius 3 is 2.23 bits per heavy atom. The maximum atomic E-state index is 11.3. The molecule has 6 nitrogen and oxygen atoms in total. The van der Waals surface area contributed by atoms with Crippen molar-refractivity contribution in [2.75, 3.05) is 0 Å². The third kappa shape index (κ3) is 2.95. The van der Waals surface area contributed by atoms with E-state index in [-0.39, 0.29) is 17.2 Å². The summed E-state index contributed by atoms with van der Waals surface area (Å²) < 4.78 is 37.2. The molecule has 1 aromatic rings. The molecule has 0 aliphatic carbocycles. The monoisotopic (exact) mass is 328 g/mol. The van der Waals surface area contributed by atoms with Crippen LogP contribution in [0.25, 0.3) is 0 Å². The number of benzene rings is 1. The third-order valence-electron chi connectivity index (χ3n) is 3.96. The number of hydrogen-bond donors (Lipinski definition) is 1. The maximum Gasteiger partial charge on any atom is 0.501 e. The van der Waals surface area contributed by atoms with Gasteiger partial charge in [0.1, 0.15) is 0 Å². The van der Waals surface area contributed by atoms with Gasteiger partial charge in [-0.3, -0.25) is 0 Å². The summed E-state index contributed by atoms with van der Waals surface area (Å²) in [5.74, 6) is 0.540. The molecule has 0 saturated heterocycles. The van der Waals surface area contributed by atoms with Crippen LogP contribution in [0.5, 0.6) is 28.7 Å². The standard InChI is InChI=1S/C15H20O6S/c1-2-3-4-5-6-7-8-9-10-11(16)13-15(14-12(10)19-14)21-22(17,18)20-13/h16H,2-9H2,1H3. The fourth-order valence-electron chi connectivity index (χ4n) is 2.74. The summed E-state index contributed by atoms with van der Waals surface area (Å²) in [7, 11) is -4.11.